The van der Waals surface area contributed by atoms with Crippen LogP contribution in [0.25, 0.3) is 0 Å². The van der Waals surface area contributed by atoms with Crippen molar-refractivity contribution in [3.8, 4) is 0 Å². The van der Waals surface area contributed by atoms with Crippen LogP contribution < -0.4 is 10.6 Å². The Kier molecular flexibility index (Phi) is 3.75. The number of aliphatic carboxylic acids is 1. The first-order valence-corrected chi connectivity index (χ1v) is 6.09. The molecule has 21 heavy (non-hydrogen) atoms. The van der Waals surface area contributed by atoms with Crippen LogP contribution in [-0.4, -0.2) is 34.6 Å². The number of primary amides is 1. The first-order valence-electron chi connectivity index (χ1n) is 6.09. The second-order valence-corrected chi connectivity index (χ2v) is 4.62. The summed E-state index contributed by atoms with van der Waals surface area (Å²) in [5, 5.41) is 9.10. The van der Waals surface area contributed by atoms with Gasteiger partial charge in [0.05, 0.1) is 5.56 Å². The fraction of sp³-hybridized carbons (Fsp3) is 0.417. The zero-order chi connectivity index (χ0) is 15.8. The molecule has 1 amide bonds. The van der Waals surface area contributed by atoms with E-state index in [4.69, 9.17) is 10.8 Å². The third kappa shape index (κ3) is 2.91. The lowest BCUT2D eigenvalue weighted by Crippen LogP contribution is -2.38. The summed E-state index contributed by atoms with van der Waals surface area (Å²) in [6.07, 6.45) is -3.94. The summed E-state index contributed by atoms with van der Waals surface area (Å²) >= 11 is 0. The Morgan fingerprint density at radius 3 is 2.57 bits per heavy atom. The zero-order valence-electron chi connectivity index (χ0n) is 10.7. The van der Waals surface area contributed by atoms with Crippen LogP contribution in [-0.2, 0) is 11.0 Å². The number of carbonyl (C=O) groups is 2. The molecule has 0 spiro atoms. The summed E-state index contributed by atoms with van der Waals surface area (Å²) in [6.45, 7) is 0.200. The Morgan fingerprint density at radius 1 is 1.38 bits per heavy atom. The number of carbonyl (C=O) groups excluding carboxylic acids is 1. The lowest BCUT2D eigenvalue weighted by Gasteiger charge is -2.25. The Balaban J connectivity index is 2.53. The van der Waals surface area contributed by atoms with E-state index in [0.29, 0.717) is 12.5 Å². The van der Waals surface area contributed by atoms with Crippen LogP contribution in [0, 0.1) is 0 Å². The molecule has 1 aliphatic heterocycles. The highest BCUT2D eigenvalue weighted by Crippen LogP contribution is 2.33. The molecule has 1 aromatic heterocycles. The van der Waals surface area contributed by atoms with Gasteiger partial charge in [0.2, 0.25) is 0 Å². The number of carboxylic acid groups (broad SMARTS) is 1. The van der Waals surface area contributed by atoms with Crippen molar-refractivity contribution in [3.63, 3.8) is 0 Å². The Hall–Kier alpha value is -2.32. The molecule has 1 unspecified atom stereocenters. The minimum atomic E-state index is -4.69. The van der Waals surface area contributed by atoms with Gasteiger partial charge < -0.3 is 15.7 Å². The highest BCUT2D eigenvalue weighted by Gasteiger charge is 2.37. The first kappa shape index (κ1) is 15.1. The number of amides is 1. The van der Waals surface area contributed by atoms with Crippen LogP contribution in [0.1, 0.15) is 28.9 Å². The number of hydrogen-bond acceptors (Lipinski definition) is 4. The molecular formula is C12H12F3N3O3. The van der Waals surface area contributed by atoms with E-state index in [1.165, 1.54) is 4.90 Å². The lowest BCUT2D eigenvalue weighted by atomic mass is 10.1. The monoisotopic (exact) mass is 303 g/mol. The normalized spacial score (nSPS) is 18.8. The number of carboxylic acids is 1. The maximum absolute atomic E-state index is 12.7. The maximum atomic E-state index is 12.7. The summed E-state index contributed by atoms with van der Waals surface area (Å²) in [4.78, 5) is 27.1. The van der Waals surface area contributed by atoms with Crippen LogP contribution >= 0.6 is 0 Å². The van der Waals surface area contributed by atoms with Gasteiger partial charge in [0.1, 0.15) is 17.6 Å². The van der Waals surface area contributed by atoms with Crippen LogP contribution in [0.4, 0.5) is 19.0 Å². The van der Waals surface area contributed by atoms with Gasteiger partial charge in [-0.15, -0.1) is 0 Å². The second-order valence-electron chi connectivity index (χ2n) is 4.62. The molecule has 1 atom stereocenters. The Bertz CT molecular complexity index is 589. The lowest BCUT2D eigenvalue weighted by molar-refractivity contribution is -0.141. The molecule has 0 bridgehead atoms. The highest BCUT2D eigenvalue weighted by atomic mass is 19.4. The van der Waals surface area contributed by atoms with Gasteiger partial charge in [0, 0.05) is 6.54 Å². The van der Waals surface area contributed by atoms with Crippen LogP contribution in [0.2, 0.25) is 0 Å². The van der Waals surface area contributed by atoms with E-state index in [9.17, 15) is 22.8 Å². The zero-order valence-corrected chi connectivity index (χ0v) is 10.7. The van der Waals surface area contributed by atoms with Crippen molar-refractivity contribution in [2.24, 2.45) is 5.73 Å². The molecule has 1 saturated heterocycles. The fourth-order valence-corrected chi connectivity index (χ4v) is 2.29. The van der Waals surface area contributed by atoms with Crippen molar-refractivity contribution in [2.75, 3.05) is 11.4 Å². The van der Waals surface area contributed by atoms with E-state index in [0.717, 1.165) is 6.07 Å². The van der Waals surface area contributed by atoms with Crippen molar-refractivity contribution >= 4 is 17.7 Å². The molecule has 114 valence electrons. The van der Waals surface area contributed by atoms with Gasteiger partial charge in [-0.05, 0) is 25.0 Å². The number of nitrogens with zero attached hydrogens (tertiary/aromatic N) is 2. The van der Waals surface area contributed by atoms with Crippen LogP contribution in [0.3, 0.4) is 0 Å². The van der Waals surface area contributed by atoms with Crippen LogP contribution in [0.15, 0.2) is 12.1 Å². The fourth-order valence-electron chi connectivity index (χ4n) is 2.29. The SMILES string of the molecule is NC(=O)c1ccc(C(F)(F)F)nc1N1CCCC1C(=O)O. The Morgan fingerprint density at radius 2 is 2.05 bits per heavy atom. The summed E-state index contributed by atoms with van der Waals surface area (Å²) in [6, 6.07) is 0.555. The molecule has 1 aliphatic rings. The summed E-state index contributed by atoms with van der Waals surface area (Å²) in [7, 11) is 0. The quantitative estimate of drug-likeness (QED) is 0.876. The number of halogens is 3. The molecule has 2 rings (SSSR count). The molecule has 0 radical (unpaired) electrons. The number of nitrogens with two attached hydrogens (primary N) is 1. The van der Waals surface area contributed by atoms with E-state index >= 15 is 0 Å². The molecule has 0 saturated carbocycles. The topological polar surface area (TPSA) is 96.5 Å². The van der Waals surface area contributed by atoms with Crippen molar-refractivity contribution in [1.29, 1.82) is 0 Å². The number of hydrogen-bond donors (Lipinski definition) is 2. The number of alkyl halides is 3. The minimum absolute atomic E-state index is 0.200. The average molecular weight is 303 g/mol. The molecule has 0 aliphatic carbocycles. The van der Waals surface area contributed by atoms with E-state index < -0.39 is 29.8 Å². The van der Waals surface area contributed by atoms with E-state index in [1.807, 2.05) is 0 Å². The molecule has 9 heteroatoms. The molecule has 1 fully saturated rings. The van der Waals surface area contributed by atoms with Crippen molar-refractivity contribution < 1.29 is 27.9 Å². The van der Waals surface area contributed by atoms with Crippen molar-refractivity contribution in [3.05, 3.63) is 23.4 Å². The number of aromatic nitrogens is 1. The second kappa shape index (κ2) is 5.23. The van der Waals surface area contributed by atoms with Gasteiger partial charge in [-0.25, -0.2) is 9.78 Å². The van der Waals surface area contributed by atoms with Gasteiger partial charge in [0.25, 0.3) is 5.91 Å². The van der Waals surface area contributed by atoms with Gasteiger partial charge in [0.15, 0.2) is 0 Å². The number of pyridine rings is 1. The van der Waals surface area contributed by atoms with E-state index in [1.54, 1.807) is 0 Å². The van der Waals surface area contributed by atoms with Crippen molar-refractivity contribution in [1.82, 2.24) is 4.98 Å². The van der Waals surface area contributed by atoms with Crippen molar-refractivity contribution in [2.45, 2.75) is 25.1 Å². The number of rotatable bonds is 3. The third-order valence-electron chi connectivity index (χ3n) is 3.24. The molecule has 6 nitrogen and oxygen atoms in total. The summed E-state index contributed by atoms with van der Waals surface area (Å²) in [5.41, 5.74) is 3.71. The minimum Gasteiger partial charge on any atom is -0.480 e. The molecule has 3 N–H and O–H groups in total. The average Bonchev–Trinajstić information content (AvgIpc) is 2.85. The summed E-state index contributed by atoms with van der Waals surface area (Å²) in [5.74, 6) is -2.47. The van der Waals surface area contributed by atoms with Gasteiger partial charge in [-0.3, -0.25) is 4.79 Å². The molecule has 2 heterocycles. The molecule has 0 aromatic carbocycles. The largest absolute Gasteiger partial charge is 0.480 e. The first-order chi connectivity index (χ1) is 9.71. The van der Waals surface area contributed by atoms with Gasteiger partial charge in [-0.1, -0.05) is 0 Å². The van der Waals surface area contributed by atoms with Gasteiger partial charge >= 0.3 is 12.1 Å². The predicted molar refractivity (Wildman–Crippen MR) is 65.8 cm³/mol. The van der Waals surface area contributed by atoms with Crippen LogP contribution in [0.5, 0.6) is 0 Å². The third-order valence-corrected chi connectivity index (χ3v) is 3.24. The maximum Gasteiger partial charge on any atom is 0.433 e. The van der Waals surface area contributed by atoms with E-state index in [2.05, 4.69) is 4.98 Å². The highest BCUT2D eigenvalue weighted by molar-refractivity contribution is 5.98. The smallest absolute Gasteiger partial charge is 0.433 e. The standard InChI is InChI=1S/C12H12F3N3O3/c13-12(14,15)8-4-3-6(9(16)19)10(17-8)18-5-1-2-7(18)11(20)21/h3-4,7H,1-2,5H2,(H2,16,19)(H,20,21). The summed E-state index contributed by atoms with van der Waals surface area (Å²) < 4.78 is 38.2. The molecular weight excluding hydrogens is 291 g/mol. The predicted octanol–water partition coefficient (Wildman–Crippen LogP) is 1.25. The van der Waals surface area contributed by atoms with Gasteiger partial charge in [-0.2, -0.15) is 13.2 Å². The molecule has 1 aromatic rings. The number of anilines is 1. The Labute approximate surface area is 117 Å². The van der Waals surface area contributed by atoms with E-state index in [-0.39, 0.29) is 24.3 Å².